The van der Waals surface area contributed by atoms with Crippen molar-refractivity contribution in [2.45, 2.75) is 23.5 Å². The van der Waals surface area contributed by atoms with Crippen LogP contribution >= 0.6 is 23.5 Å². The summed E-state index contributed by atoms with van der Waals surface area (Å²) >= 11 is 3.18. The fraction of sp³-hybridized carbons (Fsp3) is 0.286. The molecule has 1 fully saturated rings. The Morgan fingerprint density at radius 1 is 0.833 bits per heavy atom. The number of rotatable bonds is 4. The summed E-state index contributed by atoms with van der Waals surface area (Å²) in [5.41, 5.74) is 2.79. The SMILES string of the molecule is Oc1ccc(N=NC2=CC3SC(N=Nc4ccc(N5CCCC5)cc4)=NC3S2)cc1. The van der Waals surface area contributed by atoms with Crippen molar-refractivity contribution in [2.24, 2.45) is 25.4 Å². The van der Waals surface area contributed by atoms with Crippen molar-refractivity contribution in [2.75, 3.05) is 18.0 Å². The molecular weight excluding hydrogens is 416 g/mol. The highest BCUT2D eigenvalue weighted by Gasteiger charge is 2.35. The highest BCUT2D eigenvalue weighted by molar-refractivity contribution is 8.16. The minimum Gasteiger partial charge on any atom is -0.508 e. The number of hydrogen-bond acceptors (Lipinski definition) is 9. The van der Waals surface area contributed by atoms with Crippen LogP contribution in [0.15, 0.2) is 85.1 Å². The first-order valence-electron chi connectivity index (χ1n) is 9.83. The Morgan fingerprint density at radius 2 is 1.50 bits per heavy atom. The molecule has 9 heteroatoms. The van der Waals surface area contributed by atoms with Gasteiger partial charge >= 0.3 is 0 Å². The molecule has 0 saturated carbocycles. The minimum atomic E-state index is 0.0651. The molecule has 3 aliphatic heterocycles. The van der Waals surface area contributed by atoms with E-state index in [2.05, 4.69) is 48.6 Å². The summed E-state index contributed by atoms with van der Waals surface area (Å²) < 4.78 is 0. The third kappa shape index (κ3) is 4.41. The number of azo groups is 2. The van der Waals surface area contributed by atoms with Crippen molar-refractivity contribution in [1.82, 2.24) is 0 Å². The van der Waals surface area contributed by atoms with Gasteiger partial charge in [-0.1, -0.05) is 23.5 Å². The summed E-state index contributed by atoms with van der Waals surface area (Å²) in [5, 5.41) is 28.3. The van der Waals surface area contributed by atoms with E-state index in [1.54, 1.807) is 47.8 Å². The number of amidine groups is 1. The quantitative estimate of drug-likeness (QED) is 0.574. The zero-order valence-corrected chi connectivity index (χ0v) is 17.8. The number of thioether (sulfide) groups is 2. The fourth-order valence-corrected chi connectivity index (χ4v) is 5.74. The van der Waals surface area contributed by atoms with Crippen molar-refractivity contribution in [3.63, 3.8) is 0 Å². The van der Waals surface area contributed by atoms with Crippen LogP contribution in [0.1, 0.15) is 12.8 Å². The van der Waals surface area contributed by atoms with E-state index < -0.39 is 0 Å². The van der Waals surface area contributed by atoms with E-state index in [4.69, 9.17) is 0 Å². The van der Waals surface area contributed by atoms with Gasteiger partial charge in [0.15, 0.2) is 0 Å². The van der Waals surface area contributed by atoms with Crippen LogP contribution < -0.4 is 4.90 Å². The standard InChI is InChI=1S/C21H20N6OS2/c28-17-9-5-15(6-10-17)23-25-19-13-18-20(30-19)22-21(29-18)26-24-14-3-7-16(8-4-14)27-11-1-2-12-27/h3-10,13,18,20,28H,1-2,11-12H2. The molecule has 7 nitrogen and oxygen atoms in total. The van der Waals surface area contributed by atoms with Gasteiger partial charge in [-0.05, 0) is 67.4 Å². The topological polar surface area (TPSA) is 85.3 Å². The Bertz CT molecular complexity index is 1030. The highest BCUT2D eigenvalue weighted by atomic mass is 32.2. The lowest BCUT2D eigenvalue weighted by Crippen LogP contribution is -2.17. The number of anilines is 1. The molecule has 2 aromatic rings. The van der Waals surface area contributed by atoms with Crippen molar-refractivity contribution < 1.29 is 5.11 Å². The predicted molar refractivity (Wildman–Crippen MR) is 123 cm³/mol. The van der Waals surface area contributed by atoms with Crippen molar-refractivity contribution in [3.8, 4) is 5.75 Å². The first-order valence-corrected chi connectivity index (χ1v) is 11.6. The summed E-state index contributed by atoms with van der Waals surface area (Å²) in [7, 11) is 0. The average Bonchev–Trinajstić information content (AvgIpc) is 3.49. The summed E-state index contributed by atoms with van der Waals surface area (Å²) in [6.07, 6.45) is 4.61. The van der Waals surface area contributed by atoms with Crippen LogP contribution in [0.5, 0.6) is 5.75 Å². The van der Waals surface area contributed by atoms with E-state index in [-0.39, 0.29) is 16.4 Å². The molecule has 0 aliphatic carbocycles. The number of fused-ring (bicyclic) bond motifs is 1. The van der Waals surface area contributed by atoms with Crippen LogP contribution in [-0.4, -0.2) is 34.0 Å². The fourth-order valence-electron chi connectivity index (χ4n) is 3.44. The number of hydrogen-bond donors (Lipinski definition) is 1. The number of phenolic OH excluding ortho intramolecular Hbond substituents is 1. The van der Waals surface area contributed by atoms with Gasteiger partial charge in [-0.2, -0.15) is 5.11 Å². The molecule has 30 heavy (non-hydrogen) atoms. The Balaban J connectivity index is 1.16. The van der Waals surface area contributed by atoms with Gasteiger partial charge in [0.2, 0.25) is 5.17 Å². The van der Waals surface area contributed by atoms with Crippen molar-refractivity contribution >= 4 is 45.8 Å². The summed E-state index contributed by atoms with van der Waals surface area (Å²) in [6, 6.07) is 14.9. The van der Waals surface area contributed by atoms with Crippen LogP contribution in [0.2, 0.25) is 0 Å². The number of benzene rings is 2. The molecule has 1 N–H and O–H groups in total. The summed E-state index contributed by atoms with van der Waals surface area (Å²) in [5.74, 6) is 0.216. The van der Waals surface area contributed by atoms with Crippen molar-refractivity contribution in [3.05, 3.63) is 59.6 Å². The van der Waals surface area contributed by atoms with Crippen LogP contribution in [-0.2, 0) is 0 Å². The van der Waals surface area contributed by atoms with E-state index in [1.165, 1.54) is 18.5 Å². The van der Waals surface area contributed by atoms with Gasteiger partial charge < -0.3 is 10.0 Å². The molecule has 2 unspecified atom stereocenters. The lowest BCUT2D eigenvalue weighted by molar-refractivity contribution is 0.475. The third-order valence-corrected chi connectivity index (χ3v) is 7.33. The second-order valence-corrected chi connectivity index (χ2v) is 9.42. The molecule has 1 saturated heterocycles. The molecule has 2 atom stereocenters. The Morgan fingerprint density at radius 3 is 2.20 bits per heavy atom. The number of phenols is 1. The van der Waals surface area contributed by atoms with E-state index in [0.29, 0.717) is 10.9 Å². The molecule has 3 aliphatic rings. The van der Waals surface area contributed by atoms with Gasteiger partial charge in [0, 0.05) is 18.8 Å². The molecule has 0 bridgehead atoms. The lowest BCUT2D eigenvalue weighted by Gasteiger charge is -2.17. The molecule has 0 amide bonds. The Labute approximate surface area is 183 Å². The largest absolute Gasteiger partial charge is 0.508 e. The maximum atomic E-state index is 9.32. The summed E-state index contributed by atoms with van der Waals surface area (Å²) in [6.45, 7) is 2.28. The van der Waals surface area contributed by atoms with E-state index in [0.717, 1.165) is 23.8 Å². The lowest BCUT2D eigenvalue weighted by atomic mass is 10.2. The highest BCUT2D eigenvalue weighted by Crippen LogP contribution is 2.45. The van der Waals surface area contributed by atoms with E-state index in [1.807, 2.05) is 12.1 Å². The molecule has 0 spiro atoms. The molecule has 0 aromatic heterocycles. The van der Waals surface area contributed by atoms with Gasteiger partial charge in [-0.3, -0.25) is 0 Å². The summed E-state index contributed by atoms with van der Waals surface area (Å²) in [4.78, 5) is 7.05. The van der Waals surface area contributed by atoms with Gasteiger partial charge in [0.05, 0.1) is 16.6 Å². The van der Waals surface area contributed by atoms with Crippen LogP contribution in [0.25, 0.3) is 0 Å². The Kier molecular flexibility index (Phi) is 5.54. The first kappa shape index (κ1) is 19.3. The smallest absolute Gasteiger partial charge is 0.206 e. The number of aromatic hydroxyl groups is 1. The van der Waals surface area contributed by atoms with Crippen molar-refractivity contribution in [1.29, 1.82) is 0 Å². The Hall–Kier alpha value is -2.65. The predicted octanol–water partition coefficient (Wildman–Crippen LogP) is 6.25. The maximum Gasteiger partial charge on any atom is 0.206 e. The monoisotopic (exact) mass is 436 g/mol. The molecule has 3 heterocycles. The molecule has 0 radical (unpaired) electrons. The second kappa shape index (κ2) is 8.61. The van der Waals surface area contributed by atoms with Crippen LogP contribution in [0.3, 0.4) is 0 Å². The first-order chi connectivity index (χ1) is 14.7. The van der Waals surface area contributed by atoms with Gasteiger partial charge in [-0.25, -0.2) is 4.99 Å². The van der Waals surface area contributed by atoms with Crippen LogP contribution in [0.4, 0.5) is 17.1 Å². The van der Waals surface area contributed by atoms with Gasteiger partial charge in [0.1, 0.15) is 16.2 Å². The van der Waals surface area contributed by atoms with Gasteiger partial charge in [-0.15, -0.1) is 15.3 Å². The van der Waals surface area contributed by atoms with E-state index in [9.17, 15) is 5.11 Å². The molecular formula is C21H20N6OS2. The average molecular weight is 437 g/mol. The molecule has 2 aromatic carbocycles. The second-order valence-electron chi connectivity index (χ2n) is 7.13. The molecule has 5 rings (SSSR count). The number of nitrogens with zero attached hydrogens (tertiary/aromatic N) is 6. The zero-order chi connectivity index (χ0) is 20.3. The maximum absolute atomic E-state index is 9.32. The molecule has 152 valence electrons. The third-order valence-electron chi connectivity index (χ3n) is 4.99. The van der Waals surface area contributed by atoms with Crippen LogP contribution in [0, 0.1) is 0 Å². The normalized spacial score (nSPS) is 23.4. The van der Waals surface area contributed by atoms with E-state index >= 15 is 0 Å². The number of aliphatic imine (C=N–C) groups is 1. The zero-order valence-electron chi connectivity index (χ0n) is 16.1. The minimum absolute atomic E-state index is 0.0651. The van der Waals surface area contributed by atoms with Gasteiger partial charge in [0.25, 0.3) is 0 Å².